The molecule has 1 aliphatic rings. The van der Waals surface area contributed by atoms with Crippen molar-refractivity contribution in [3.8, 4) is 11.5 Å². The summed E-state index contributed by atoms with van der Waals surface area (Å²) in [6.07, 6.45) is 6.54. The summed E-state index contributed by atoms with van der Waals surface area (Å²) in [4.78, 5) is 50.4. The maximum absolute atomic E-state index is 13.4. The minimum Gasteiger partial charge on any atom is -0.491 e. The SMILES string of the molecule is C=CC(=O)O/C=C/C(C)(CC)OC(=O)CCCCCC(C)(CC)OC(=O)c1ccccc1C(=O)OCC(O)COc1ccc(C(C)(C)c2ccc(OCC3CO3)cc2)cc1. The molecule has 0 bridgehead atoms. The van der Waals surface area contributed by atoms with Crippen LogP contribution in [-0.4, -0.2) is 78.8 Å². The number of benzene rings is 3. The van der Waals surface area contributed by atoms with Gasteiger partial charge in [0, 0.05) is 17.9 Å². The van der Waals surface area contributed by atoms with Crippen molar-refractivity contribution in [1.29, 1.82) is 0 Å². The summed E-state index contributed by atoms with van der Waals surface area (Å²) in [5, 5.41) is 10.6. The Hall–Kier alpha value is -5.46. The van der Waals surface area contributed by atoms with Crippen molar-refractivity contribution in [3.05, 3.63) is 120 Å². The van der Waals surface area contributed by atoms with Gasteiger partial charge in [0.1, 0.15) is 54.7 Å². The summed E-state index contributed by atoms with van der Waals surface area (Å²) in [7, 11) is 0. The summed E-state index contributed by atoms with van der Waals surface area (Å²) in [6.45, 7) is 15.8. The second-order valence-corrected chi connectivity index (χ2v) is 15.9. The van der Waals surface area contributed by atoms with E-state index in [1.807, 2.05) is 57.2 Å². The summed E-state index contributed by atoms with van der Waals surface area (Å²) >= 11 is 0. The van der Waals surface area contributed by atoms with E-state index in [1.165, 1.54) is 24.5 Å². The maximum Gasteiger partial charge on any atom is 0.339 e. The maximum atomic E-state index is 13.4. The Morgan fingerprint density at radius 1 is 0.800 bits per heavy atom. The van der Waals surface area contributed by atoms with Crippen LogP contribution in [0.2, 0.25) is 0 Å². The Balaban J connectivity index is 1.20. The fourth-order valence-electron chi connectivity index (χ4n) is 6.14. The lowest BCUT2D eigenvalue weighted by atomic mass is 9.78. The van der Waals surface area contributed by atoms with Crippen molar-refractivity contribution in [1.82, 2.24) is 0 Å². The lowest BCUT2D eigenvalue weighted by molar-refractivity contribution is -0.154. The van der Waals surface area contributed by atoms with E-state index in [0.717, 1.165) is 29.6 Å². The van der Waals surface area contributed by atoms with E-state index in [2.05, 4.69) is 32.6 Å². The number of aliphatic hydroxyl groups excluding tert-OH is 1. The van der Waals surface area contributed by atoms with Gasteiger partial charge in [0.2, 0.25) is 0 Å². The summed E-state index contributed by atoms with van der Waals surface area (Å²) in [6, 6.07) is 21.9. The predicted molar refractivity (Wildman–Crippen MR) is 226 cm³/mol. The molecule has 1 heterocycles. The molecular formula is C48H60O12. The topological polar surface area (TPSA) is 156 Å². The van der Waals surface area contributed by atoms with E-state index in [0.29, 0.717) is 50.9 Å². The van der Waals surface area contributed by atoms with Crippen molar-refractivity contribution >= 4 is 23.9 Å². The number of hydrogen-bond acceptors (Lipinski definition) is 12. The predicted octanol–water partition coefficient (Wildman–Crippen LogP) is 8.62. The highest BCUT2D eigenvalue weighted by atomic mass is 16.6. The molecule has 1 aliphatic heterocycles. The highest BCUT2D eigenvalue weighted by Gasteiger charge is 2.30. The van der Waals surface area contributed by atoms with Gasteiger partial charge in [0.15, 0.2) is 0 Å². The number of carbonyl (C=O) groups excluding carboxylic acids is 4. The highest BCUT2D eigenvalue weighted by molar-refractivity contribution is 6.03. The van der Waals surface area contributed by atoms with Crippen LogP contribution in [0.3, 0.4) is 0 Å². The molecule has 3 aromatic rings. The molecule has 3 aromatic carbocycles. The van der Waals surface area contributed by atoms with Crippen molar-refractivity contribution in [2.45, 2.75) is 115 Å². The first kappa shape index (κ1) is 47.2. The second-order valence-electron chi connectivity index (χ2n) is 15.9. The number of ether oxygens (including phenoxy) is 7. The molecule has 1 N–H and O–H groups in total. The highest BCUT2D eigenvalue weighted by Crippen LogP contribution is 2.34. The average Bonchev–Trinajstić information content (AvgIpc) is 4.09. The largest absolute Gasteiger partial charge is 0.491 e. The summed E-state index contributed by atoms with van der Waals surface area (Å²) in [5.41, 5.74) is 0.248. The Bertz CT molecular complexity index is 1910. The van der Waals surface area contributed by atoms with Gasteiger partial charge in [-0.3, -0.25) is 4.79 Å². The Labute approximate surface area is 353 Å². The van der Waals surface area contributed by atoms with Crippen LogP contribution in [0.15, 0.2) is 97.8 Å². The molecule has 60 heavy (non-hydrogen) atoms. The minimum atomic E-state index is -1.12. The van der Waals surface area contributed by atoms with Crippen LogP contribution < -0.4 is 9.47 Å². The lowest BCUT2D eigenvalue weighted by Crippen LogP contribution is -2.32. The molecule has 4 rings (SSSR count). The molecule has 0 aromatic heterocycles. The molecule has 12 heteroatoms. The molecule has 4 unspecified atom stereocenters. The van der Waals surface area contributed by atoms with E-state index in [9.17, 15) is 24.3 Å². The van der Waals surface area contributed by atoms with Gasteiger partial charge in [-0.2, -0.15) is 0 Å². The smallest absolute Gasteiger partial charge is 0.339 e. The van der Waals surface area contributed by atoms with Crippen molar-refractivity contribution in [2.24, 2.45) is 0 Å². The van der Waals surface area contributed by atoms with Crippen LogP contribution in [0, 0.1) is 0 Å². The third-order valence-electron chi connectivity index (χ3n) is 10.7. The Morgan fingerprint density at radius 3 is 1.97 bits per heavy atom. The van der Waals surface area contributed by atoms with Crippen LogP contribution in [-0.2, 0) is 38.7 Å². The van der Waals surface area contributed by atoms with E-state index in [-0.39, 0.29) is 48.2 Å². The lowest BCUT2D eigenvalue weighted by Gasteiger charge is -2.29. The van der Waals surface area contributed by atoms with Crippen LogP contribution >= 0.6 is 0 Å². The zero-order chi connectivity index (χ0) is 43.8. The molecule has 0 radical (unpaired) electrons. The normalized spacial score (nSPS) is 16.1. The Morgan fingerprint density at radius 2 is 1.40 bits per heavy atom. The number of epoxide rings is 1. The zero-order valence-corrected chi connectivity index (χ0v) is 35.7. The molecule has 0 spiro atoms. The molecule has 324 valence electrons. The third-order valence-corrected chi connectivity index (χ3v) is 10.7. The first-order valence-electron chi connectivity index (χ1n) is 20.6. The van der Waals surface area contributed by atoms with Gasteiger partial charge in [-0.15, -0.1) is 0 Å². The van der Waals surface area contributed by atoms with E-state index < -0.39 is 35.2 Å². The molecule has 0 saturated carbocycles. The van der Waals surface area contributed by atoms with E-state index in [4.69, 9.17) is 33.2 Å². The number of aliphatic hydroxyl groups is 1. The zero-order valence-electron chi connectivity index (χ0n) is 35.7. The van der Waals surface area contributed by atoms with E-state index in [1.54, 1.807) is 19.1 Å². The van der Waals surface area contributed by atoms with E-state index >= 15 is 0 Å². The number of rotatable bonds is 25. The van der Waals surface area contributed by atoms with Crippen molar-refractivity contribution in [2.75, 3.05) is 26.4 Å². The molecule has 1 fully saturated rings. The quantitative estimate of drug-likeness (QED) is 0.0217. The Kier molecular flexibility index (Phi) is 17.5. The summed E-state index contributed by atoms with van der Waals surface area (Å²) < 4.78 is 38.6. The molecule has 4 atom stereocenters. The fourth-order valence-corrected chi connectivity index (χ4v) is 6.14. The van der Waals surface area contributed by atoms with Gasteiger partial charge in [0.05, 0.1) is 24.0 Å². The molecule has 12 nitrogen and oxygen atoms in total. The van der Waals surface area contributed by atoms with Gasteiger partial charge in [-0.05, 0) is 99.6 Å². The number of unbranched alkanes of at least 4 members (excludes halogenated alkanes) is 2. The second kappa shape index (κ2) is 22.2. The monoisotopic (exact) mass is 828 g/mol. The standard InChI is InChI=1S/C48H60O12/c1-8-42(50)54-29-28-48(7,10-3)59-43(51)18-12-11-15-27-47(6,9-2)60-45(53)41-17-14-13-16-40(41)44(52)58-31-36(49)30-55-37-23-19-34(20-24-37)46(4,5)35-21-25-38(26-22-35)56-32-39-33-57-39/h8,13-14,16-17,19-26,28-29,36,39,49H,1,9-12,15,18,27,30-33H2,2-7H3/b29-28+. The molecular weight excluding hydrogens is 769 g/mol. The van der Waals surface area contributed by atoms with Gasteiger partial charge in [0.25, 0.3) is 0 Å². The van der Waals surface area contributed by atoms with Crippen LogP contribution in [0.1, 0.15) is 118 Å². The first-order valence-corrected chi connectivity index (χ1v) is 20.6. The van der Waals surface area contributed by atoms with Crippen LogP contribution in [0.5, 0.6) is 11.5 Å². The first-order chi connectivity index (χ1) is 28.6. The number of esters is 4. The van der Waals surface area contributed by atoms with Gasteiger partial charge in [-0.1, -0.05) is 77.1 Å². The summed E-state index contributed by atoms with van der Waals surface area (Å²) in [5.74, 6) is -1.06. The minimum absolute atomic E-state index is 0.0219. The number of hydrogen-bond donors (Lipinski definition) is 1. The van der Waals surface area contributed by atoms with Crippen molar-refractivity contribution in [3.63, 3.8) is 0 Å². The van der Waals surface area contributed by atoms with Gasteiger partial charge >= 0.3 is 23.9 Å². The fraction of sp³-hybridized carbons (Fsp3) is 0.458. The molecule has 1 saturated heterocycles. The average molecular weight is 829 g/mol. The number of carbonyl (C=O) groups is 4. The van der Waals surface area contributed by atoms with Crippen molar-refractivity contribution < 1.29 is 57.4 Å². The van der Waals surface area contributed by atoms with Gasteiger partial charge in [-0.25, -0.2) is 14.4 Å². The molecule has 0 aliphatic carbocycles. The van der Waals surface area contributed by atoms with Crippen LogP contribution in [0.4, 0.5) is 0 Å². The third kappa shape index (κ3) is 14.7. The van der Waals surface area contributed by atoms with Crippen LogP contribution in [0.25, 0.3) is 0 Å². The molecule has 0 amide bonds. The van der Waals surface area contributed by atoms with Gasteiger partial charge < -0.3 is 38.3 Å².